The van der Waals surface area contributed by atoms with Crippen LogP contribution in [0.1, 0.15) is 24.0 Å². The van der Waals surface area contributed by atoms with E-state index in [4.69, 9.17) is 0 Å². The van der Waals surface area contributed by atoms with Gasteiger partial charge in [0.15, 0.2) is 0 Å². The van der Waals surface area contributed by atoms with E-state index in [2.05, 4.69) is 10.3 Å². The summed E-state index contributed by atoms with van der Waals surface area (Å²) in [5.74, 6) is 0.439. The molecule has 3 aromatic rings. The van der Waals surface area contributed by atoms with Crippen molar-refractivity contribution in [2.24, 2.45) is 7.05 Å². The first-order valence-corrected chi connectivity index (χ1v) is 9.92. The highest BCUT2D eigenvalue weighted by molar-refractivity contribution is 5.89. The average Bonchev–Trinajstić information content (AvgIpc) is 3.03. The number of carbonyl (C=O) groups is 1. The number of nitrogens with one attached hydrogen (secondary N) is 1. The summed E-state index contributed by atoms with van der Waals surface area (Å²) in [6.07, 6.45) is 0.393. The summed E-state index contributed by atoms with van der Waals surface area (Å²) in [5, 5.41) is 4.14. The van der Waals surface area contributed by atoms with Crippen LogP contribution in [0.3, 0.4) is 0 Å². The predicted molar refractivity (Wildman–Crippen MR) is 109 cm³/mol. The molecule has 3 heterocycles. The third kappa shape index (κ3) is 4.27. The molecule has 1 fully saturated rings. The summed E-state index contributed by atoms with van der Waals surface area (Å²) in [7, 11) is 1.96. The molecule has 1 atom stereocenters. The molecule has 8 heteroatoms. The topological polar surface area (TPSA) is 50.2 Å². The number of anilines is 1. The molecule has 0 bridgehead atoms. The molecule has 30 heavy (non-hydrogen) atoms. The number of nitrogens with zero attached hydrogens (tertiary/aromatic N) is 3. The first-order chi connectivity index (χ1) is 14.3. The first-order valence-electron chi connectivity index (χ1n) is 9.92. The minimum absolute atomic E-state index is 0.0569. The molecule has 0 aliphatic carbocycles. The maximum Gasteiger partial charge on any atom is 0.417 e. The molecule has 1 N–H and O–H groups in total. The lowest BCUT2D eigenvalue weighted by molar-refractivity contribution is -0.137. The van der Waals surface area contributed by atoms with Gasteiger partial charge in [-0.15, -0.1) is 0 Å². The van der Waals surface area contributed by atoms with Crippen LogP contribution < -0.4 is 10.2 Å². The van der Waals surface area contributed by atoms with Crippen LogP contribution in [0.5, 0.6) is 0 Å². The second-order valence-corrected chi connectivity index (χ2v) is 7.71. The highest BCUT2D eigenvalue weighted by Crippen LogP contribution is 2.30. The number of pyridine rings is 1. The van der Waals surface area contributed by atoms with Crippen LogP contribution in [0.2, 0.25) is 0 Å². The summed E-state index contributed by atoms with van der Waals surface area (Å²) >= 11 is 0. The SMILES string of the molecule is Cn1cc(CC(=O)NC2CCCN(c3ccc(C(F)(F)F)cn3)C2)c2ccccc21. The van der Waals surface area contributed by atoms with Crippen molar-refractivity contribution in [3.8, 4) is 0 Å². The number of hydrogen-bond acceptors (Lipinski definition) is 3. The van der Waals surface area contributed by atoms with Gasteiger partial charge < -0.3 is 14.8 Å². The highest BCUT2D eigenvalue weighted by atomic mass is 19.4. The van der Waals surface area contributed by atoms with E-state index in [9.17, 15) is 18.0 Å². The predicted octanol–water partition coefficient (Wildman–Crippen LogP) is 3.92. The molecule has 1 aliphatic rings. The van der Waals surface area contributed by atoms with Crippen LogP contribution in [-0.2, 0) is 24.4 Å². The molecular weight excluding hydrogens is 393 g/mol. The number of halogens is 3. The number of para-hydroxylation sites is 1. The zero-order valence-corrected chi connectivity index (χ0v) is 16.6. The van der Waals surface area contributed by atoms with Crippen LogP contribution in [0.4, 0.5) is 19.0 Å². The van der Waals surface area contributed by atoms with Gasteiger partial charge in [0.1, 0.15) is 5.82 Å². The Morgan fingerprint density at radius 3 is 2.77 bits per heavy atom. The van der Waals surface area contributed by atoms with E-state index in [1.54, 1.807) is 0 Å². The van der Waals surface area contributed by atoms with E-state index in [0.29, 0.717) is 18.9 Å². The number of fused-ring (bicyclic) bond motifs is 1. The van der Waals surface area contributed by atoms with Gasteiger partial charge in [0, 0.05) is 49.5 Å². The Bertz CT molecular complexity index is 1040. The number of aryl methyl sites for hydroxylation is 1. The summed E-state index contributed by atoms with van der Waals surface area (Å²) in [6.45, 7) is 1.23. The normalized spacial score (nSPS) is 17.3. The molecule has 0 radical (unpaired) electrons. The van der Waals surface area contributed by atoms with Crippen LogP contribution >= 0.6 is 0 Å². The van der Waals surface area contributed by atoms with Crippen LogP contribution in [0, 0.1) is 0 Å². The third-order valence-corrected chi connectivity index (χ3v) is 5.52. The van der Waals surface area contributed by atoms with Crippen molar-refractivity contribution in [3.63, 3.8) is 0 Å². The van der Waals surface area contributed by atoms with Gasteiger partial charge in [-0.3, -0.25) is 4.79 Å². The second-order valence-electron chi connectivity index (χ2n) is 7.71. The van der Waals surface area contributed by atoms with Crippen molar-refractivity contribution >= 4 is 22.6 Å². The molecule has 1 aliphatic heterocycles. The van der Waals surface area contributed by atoms with Gasteiger partial charge in [0.05, 0.1) is 12.0 Å². The standard InChI is InChI=1S/C22H23F3N4O/c1-28-13-15(18-6-2-3-7-19(18)28)11-21(30)27-17-5-4-10-29(14-17)20-9-8-16(12-26-20)22(23,24)25/h2-3,6-9,12-13,17H,4-5,10-11,14H2,1H3,(H,27,30). The van der Waals surface area contributed by atoms with Crippen molar-refractivity contribution in [2.45, 2.75) is 31.5 Å². The molecular formula is C22H23F3N4O. The maximum absolute atomic E-state index is 12.7. The van der Waals surface area contributed by atoms with Gasteiger partial charge in [-0.1, -0.05) is 18.2 Å². The van der Waals surface area contributed by atoms with Gasteiger partial charge in [-0.2, -0.15) is 13.2 Å². The van der Waals surface area contributed by atoms with E-state index in [1.165, 1.54) is 6.07 Å². The van der Waals surface area contributed by atoms with Gasteiger partial charge in [-0.05, 0) is 36.6 Å². The zero-order chi connectivity index (χ0) is 21.3. The Balaban J connectivity index is 1.39. The molecule has 2 aromatic heterocycles. The molecule has 1 saturated heterocycles. The highest BCUT2D eigenvalue weighted by Gasteiger charge is 2.31. The Labute approximate surface area is 172 Å². The van der Waals surface area contributed by atoms with Gasteiger partial charge in [-0.25, -0.2) is 4.98 Å². The lowest BCUT2D eigenvalue weighted by atomic mass is 10.0. The molecule has 1 unspecified atom stereocenters. The lowest BCUT2D eigenvalue weighted by Gasteiger charge is -2.34. The Kier molecular flexibility index (Phi) is 5.40. The van der Waals surface area contributed by atoms with Crippen molar-refractivity contribution in [3.05, 3.63) is 59.9 Å². The molecule has 1 aromatic carbocycles. The second kappa shape index (κ2) is 8.01. The Morgan fingerprint density at radius 2 is 2.03 bits per heavy atom. The molecule has 5 nitrogen and oxygen atoms in total. The van der Waals surface area contributed by atoms with E-state index < -0.39 is 11.7 Å². The largest absolute Gasteiger partial charge is 0.417 e. The van der Waals surface area contributed by atoms with Gasteiger partial charge >= 0.3 is 6.18 Å². The van der Waals surface area contributed by atoms with Crippen LogP contribution in [0.25, 0.3) is 10.9 Å². The number of benzene rings is 1. The summed E-state index contributed by atoms with van der Waals surface area (Å²) < 4.78 is 40.2. The lowest BCUT2D eigenvalue weighted by Crippen LogP contribution is -2.48. The van der Waals surface area contributed by atoms with Gasteiger partial charge in [0.2, 0.25) is 5.91 Å². The van der Waals surface area contributed by atoms with Crippen molar-refractivity contribution < 1.29 is 18.0 Å². The fraction of sp³-hybridized carbons (Fsp3) is 0.364. The molecule has 4 rings (SSSR count). The minimum atomic E-state index is -4.40. The number of rotatable bonds is 4. The quantitative estimate of drug-likeness (QED) is 0.702. The van der Waals surface area contributed by atoms with Crippen LogP contribution in [0.15, 0.2) is 48.8 Å². The van der Waals surface area contributed by atoms with E-state index in [0.717, 1.165) is 41.6 Å². The molecule has 1 amide bonds. The third-order valence-electron chi connectivity index (χ3n) is 5.52. The Morgan fingerprint density at radius 1 is 1.23 bits per heavy atom. The number of carbonyl (C=O) groups excluding carboxylic acids is 1. The van der Waals surface area contributed by atoms with Crippen LogP contribution in [-0.4, -0.2) is 34.6 Å². The van der Waals surface area contributed by atoms with E-state index in [-0.39, 0.29) is 18.4 Å². The van der Waals surface area contributed by atoms with Crippen molar-refractivity contribution in [1.82, 2.24) is 14.9 Å². The van der Waals surface area contributed by atoms with E-state index in [1.807, 2.05) is 47.0 Å². The summed E-state index contributed by atoms with van der Waals surface area (Å²) in [6, 6.07) is 10.3. The smallest absolute Gasteiger partial charge is 0.355 e. The van der Waals surface area contributed by atoms with Gasteiger partial charge in [0.25, 0.3) is 0 Å². The summed E-state index contributed by atoms with van der Waals surface area (Å²) in [4.78, 5) is 18.6. The van der Waals surface area contributed by atoms with Crippen molar-refractivity contribution in [2.75, 3.05) is 18.0 Å². The Hall–Kier alpha value is -3.03. The average molecular weight is 416 g/mol. The zero-order valence-electron chi connectivity index (χ0n) is 16.6. The van der Waals surface area contributed by atoms with E-state index >= 15 is 0 Å². The molecule has 158 valence electrons. The first kappa shape index (κ1) is 20.3. The number of alkyl halides is 3. The molecule has 0 spiro atoms. The molecule has 0 saturated carbocycles. The number of hydrogen-bond donors (Lipinski definition) is 1. The number of aromatic nitrogens is 2. The van der Waals surface area contributed by atoms with Crippen molar-refractivity contribution in [1.29, 1.82) is 0 Å². The minimum Gasteiger partial charge on any atom is -0.355 e. The fourth-order valence-corrected chi connectivity index (χ4v) is 4.06. The number of amides is 1. The maximum atomic E-state index is 12.7. The fourth-order valence-electron chi connectivity index (χ4n) is 4.06. The summed E-state index contributed by atoms with van der Waals surface area (Å²) in [5.41, 5.74) is 1.29. The monoisotopic (exact) mass is 416 g/mol. The number of piperidine rings is 1.